The molecule has 0 amide bonds. The Hall–Kier alpha value is 0. The topological polar surface area (TPSA) is 0 Å². The molecule has 0 heterocycles. The third kappa shape index (κ3) is 3.02. The normalized spacial score (nSPS) is 28.9. The monoisotopic (exact) mass is 224 g/mol. The zero-order valence-electron chi connectivity index (χ0n) is 12.5. The van der Waals surface area contributed by atoms with Crippen molar-refractivity contribution < 1.29 is 0 Å². The molecule has 0 nitrogen and oxygen atoms in total. The lowest BCUT2D eigenvalue weighted by molar-refractivity contribution is 0.154. The van der Waals surface area contributed by atoms with Crippen LogP contribution in [0, 0.1) is 41.4 Å². The zero-order chi connectivity index (χ0) is 12.5. The highest BCUT2D eigenvalue weighted by molar-refractivity contribution is 4.96. The van der Waals surface area contributed by atoms with Gasteiger partial charge in [0.15, 0.2) is 0 Å². The Morgan fingerprint density at radius 2 is 1.44 bits per heavy atom. The van der Waals surface area contributed by atoms with E-state index in [0.29, 0.717) is 0 Å². The molecule has 0 aromatic heterocycles. The summed E-state index contributed by atoms with van der Waals surface area (Å²) in [5.41, 5.74) is 0. The van der Waals surface area contributed by atoms with Crippen molar-refractivity contribution in [1.29, 1.82) is 0 Å². The molecule has 0 saturated heterocycles. The average Bonchev–Trinajstić information content (AvgIpc) is 2.91. The van der Waals surface area contributed by atoms with Crippen LogP contribution >= 0.6 is 0 Å². The van der Waals surface area contributed by atoms with Crippen molar-refractivity contribution in [2.45, 2.75) is 61.3 Å². The van der Waals surface area contributed by atoms with E-state index in [2.05, 4.69) is 48.5 Å². The molecule has 0 radical (unpaired) electrons. The van der Waals surface area contributed by atoms with Crippen LogP contribution in [0.1, 0.15) is 61.3 Å². The Labute approximate surface area is 103 Å². The van der Waals surface area contributed by atoms with Gasteiger partial charge in [-0.25, -0.2) is 0 Å². The Bertz CT molecular complexity index is 202. The van der Waals surface area contributed by atoms with Gasteiger partial charge in [-0.05, 0) is 47.8 Å². The first-order valence-corrected chi connectivity index (χ1v) is 7.40. The zero-order valence-corrected chi connectivity index (χ0v) is 12.5. The quantitative estimate of drug-likeness (QED) is 0.579. The van der Waals surface area contributed by atoms with Crippen LogP contribution in [0.4, 0.5) is 0 Å². The third-order valence-corrected chi connectivity index (χ3v) is 4.83. The van der Waals surface area contributed by atoms with Crippen molar-refractivity contribution in [3.05, 3.63) is 0 Å². The van der Waals surface area contributed by atoms with Gasteiger partial charge >= 0.3 is 0 Å². The molecule has 1 fully saturated rings. The van der Waals surface area contributed by atoms with Crippen molar-refractivity contribution in [2.75, 3.05) is 0 Å². The summed E-state index contributed by atoms with van der Waals surface area (Å²) in [6.07, 6.45) is 2.87. The standard InChI is InChI=1S/C16H32/c1-8-13(10(2)3)16(12(6)7)15-9-14(15)11(4)5/h10-16H,8-9H2,1-7H3. The van der Waals surface area contributed by atoms with Crippen LogP contribution in [0.3, 0.4) is 0 Å². The van der Waals surface area contributed by atoms with Gasteiger partial charge in [0.05, 0.1) is 0 Å². The molecule has 0 aliphatic heterocycles. The highest BCUT2D eigenvalue weighted by atomic mass is 14.5. The lowest BCUT2D eigenvalue weighted by Gasteiger charge is -2.33. The molecule has 1 rings (SSSR count). The second-order valence-electron chi connectivity index (χ2n) is 6.94. The first-order valence-electron chi connectivity index (χ1n) is 7.40. The smallest absolute Gasteiger partial charge is 0.0329 e. The molecule has 4 atom stereocenters. The largest absolute Gasteiger partial charge is 0.0651 e. The predicted molar refractivity (Wildman–Crippen MR) is 73.4 cm³/mol. The van der Waals surface area contributed by atoms with Gasteiger partial charge < -0.3 is 0 Å². The Morgan fingerprint density at radius 3 is 1.69 bits per heavy atom. The van der Waals surface area contributed by atoms with Crippen molar-refractivity contribution in [3.63, 3.8) is 0 Å². The van der Waals surface area contributed by atoms with Crippen molar-refractivity contribution in [1.82, 2.24) is 0 Å². The molecule has 0 bridgehead atoms. The molecule has 0 N–H and O–H groups in total. The van der Waals surface area contributed by atoms with E-state index in [1.54, 1.807) is 0 Å². The maximum atomic E-state index is 2.44. The molecular weight excluding hydrogens is 192 g/mol. The van der Waals surface area contributed by atoms with E-state index in [1.165, 1.54) is 12.8 Å². The van der Waals surface area contributed by atoms with Gasteiger partial charge in [0, 0.05) is 0 Å². The van der Waals surface area contributed by atoms with E-state index >= 15 is 0 Å². The van der Waals surface area contributed by atoms with Crippen LogP contribution in [0.15, 0.2) is 0 Å². The number of rotatable bonds is 6. The Morgan fingerprint density at radius 1 is 0.875 bits per heavy atom. The van der Waals surface area contributed by atoms with Crippen molar-refractivity contribution in [3.8, 4) is 0 Å². The van der Waals surface area contributed by atoms with Gasteiger partial charge in [0.25, 0.3) is 0 Å². The van der Waals surface area contributed by atoms with Gasteiger partial charge in [0.2, 0.25) is 0 Å². The molecule has 4 unspecified atom stereocenters. The molecular formula is C16H32. The van der Waals surface area contributed by atoms with Crippen molar-refractivity contribution in [2.24, 2.45) is 41.4 Å². The summed E-state index contributed by atoms with van der Waals surface area (Å²) in [7, 11) is 0. The third-order valence-electron chi connectivity index (χ3n) is 4.83. The number of hydrogen-bond acceptors (Lipinski definition) is 0. The minimum absolute atomic E-state index is 0.853. The Balaban J connectivity index is 2.69. The molecule has 0 heteroatoms. The van der Waals surface area contributed by atoms with Gasteiger partial charge in [-0.15, -0.1) is 0 Å². The first kappa shape index (κ1) is 14.1. The van der Waals surface area contributed by atoms with E-state index in [1.807, 2.05) is 0 Å². The van der Waals surface area contributed by atoms with E-state index in [0.717, 1.165) is 41.4 Å². The van der Waals surface area contributed by atoms with Gasteiger partial charge in [-0.2, -0.15) is 0 Å². The van der Waals surface area contributed by atoms with Crippen LogP contribution in [0.25, 0.3) is 0 Å². The fraction of sp³-hybridized carbons (Fsp3) is 1.00. The Kier molecular flexibility index (Phi) is 4.88. The molecule has 1 aliphatic rings. The van der Waals surface area contributed by atoms with E-state index in [-0.39, 0.29) is 0 Å². The maximum Gasteiger partial charge on any atom is -0.0329 e. The fourth-order valence-electron chi connectivity index (χ4n) is 3.94. The van der Waals surface area contributed by atoms with E-state index in [9.17, 15) is 0 Å². The lowest BCUT2D eigenvalue weighted by Crippen LogP contribution is -2.27. The molecule has 0 spiro atoms. The van der Waals surface area contributed by atoms with Gasteiger partial charge in [-0.3, -0.25) is 0 Å². The van der Waals surface area contributed by atoms with Gasteiger partial charge in [0.1, 0.15) is 0 Å². The second-order valence-corrected chi connectivity index (χ2v) is 6.94. The van der Waals surface area contributed by atoms with Crippen LogP contribution in [-0.4, -0.2) is 0 Å². The summed E-state index contributed by atoms with van der Waals surface area (Å²) >= 11 is 0. The molecule has 1 saturated carbocycles. The summed E-state index contributed by atoms with van der Waals surface area (Å²) in [5, 5.41) is 0. The molecule has 0 aromatic carbocycles. The van der Waals surface area contributed by atoms with E-state index < -0.39 is 0 Å². The van der Waals surface area contributed by atoms with Crippen LogP contribution in [-0.2, 0) is 0 Å². The fourth-order valence-corrected chi connectivity index (χ4v) is 3.94. The summed E-state index contributed by atoms with van der Waals surface area (Å²) in [4.78, 5) is 0. The summed E-state index contributed by atoms with van der Waals surface area (Å²) in [6, 6.07) is 0. The highest BCUT2D eigenvalue weighted by Crippen LogP contribution is 2.54. The second kappa shape index (κ2) is 5.56. The number of hydrogen-bond donors (Lipinski definition) is 0. The molecule has 0 aromatic rings. The summed E-state index contributed by atoms with van der Waals surface area (Å²) in [6.45, 7) is 16.9. The molecule has 96 valence electrons. The highest BCUT2D eigenvalue weighted by Gasteiger charge is 2.47. The lowest BCUT2D eigenvalue weighted by atomic mass is 9.72. The summed E-state index contributed by atoms with van der Waals surface area (Å²) in [5.74, 6) is 6.58. The average molecular weight is 224 g/mol. The van der Waals surface area contributed by atoms with Gasteiger partial charge in [-0.1, -0.05) is 54.9 Å². The first-order chi connectivity index (χ1) is 7.40. The van der Waals surface area contributed by atoms with Crippen LogP contribution < -0.4 is 0 Å². The summed E-state index contributed by atoms with van der Waals surface area (Å²) < 4.78 is 0. The van der Waals surface area contributed by atoms with Crippen molar-refractivity contribution >= 4 is 0 Å². The molecule has 1 aliphatic carbocycles. The van der Waals surface area contributed by atoms with Crippen LogP contribution in [0.2, 0.25) is 0 Å². The SMILES string of the molecule is CCC(C(C)C)C(C(C)C)C1CC1C(C)C. The van der Waals surface area contributed by atoms with E-state index in [4.69, 9.17) is 0 Å². The minimum Gasteiger partial charge on any atom is -0.0651 e. The predicted octanol–water partition coefficient (Wildman–Crippen LogP) is 5.23. The van der Waals surface area contributed by atoms with Crippen LogP contribution in [0.5, 0.6) is 0 Å². The molecule has 16 heavy (non-hydrogen) atoms. The minimum atomic E-state index is 0.853. The maximum absolute atomic E-state index is 2.44.